The van der Waals surface area contributed by atoms with Gasteiger partial charge in [0.25, 0.3) is 5.91 Å². The molecule has 3 aliphatic carbocycles. The lowest BCUT2D eigenvalue weighted by atomic mass is 9.49. The van der Waals surface area contributed by atoms with Gasteiger partial charge in [-0.15, -0.1) is 0 Å². The van der Waals surface area contributed by atoms with E-state index in [-0.39, 0.29) is 33.9 Å². The van der Waals surface area contributed by atoms with Crippen LogP contribution in [0.25, 0.3) is 11.3 Å². The fraction of sp³-hybridized carbons (Fsp3) is 0.577. The van der Waals surface area contributed by atoms with Gasteiger partial charge in [-0.2, -0.15) is 5.10 Å². The van der Waals surface area contributed by atoms with Gasteiger partial charge >= 0.3 is 0 Å². The summed E-state index contributed by atoms with van der Waals surface area (Å²) >= 11 is 5.95. The molecule has 3 saturated carbocycles. The van der Waals surface area contributed by atoms with E-state index in [1.54, 1.807) is 9.58 Å². The number of hydrogen-bond acceptors (Lipinski definition) is 4. The van der Waals surface area contributed by atoms with Crippen molar-refractivity contribution in [1.29, 1.82) is 0 Å². The van der Waals surface area contributed by atoms with Crippen molar-refractivity contribution in [2.75, 3.05) is 6.54 Å². The smallest absolute Gasteiger partial charge is 0.252 e. The number of nitrogens with two attached hydrogens (primary N) is 1. The average molecular weight is 503 g/mol. The number of carbonyl (C=O) groups is 2. The third-order valence-electron chi connectivity index (χ3n) is 9.00. The zero-order chi connectivity index (χ0) is 25.2. The fourth-order valence-corrected chi connectivity index (χ4v) is 6.69. The van der Waals surface area contributed by atoms with E-state index in [1.807, 2.05) is 13.8 Å². The van der Waals surface area contributed by atoms with Crippen molar-refractivity contribution < 1.29 is 19.1 Å². The van der Waals surface area contributed by atoms with Gasteiger partial charge in [-0.05, 0) is 81.4 Å². The van der Waals surface area contributed by atoms with Gasteiger partial charge in [-0.25, -0.2) is 4.39 Å². The summed E-state index contributed by atoms with van der Waals surface area (Å²) in [5.41, 5.74) is 6.68. The number of hydrogen-bond donors (Lipinski definition) is 2. The number of fused-ring (bicyclic) bond motifs is 4. The largest absolute Gasteiger partial charge is 0.390 e. The number of aromatic nitrogens is 2. The predicted octanol–water partition coefficient (Wildman–Crippen LogP) is 4.29. The van der Waals surface area contributed by atoms with Crippen molar-refractivity contribution in [2.24, 2.45) is 16.6 Å². The van der Waals surface area contributed by atoms with Crippen LogP contribution in [0, 0.1) is 16.6 Å². The van der Waals surface area contributed by atoms with E-state index in [1.165, 1.54) is 18.2 Å². The Balaban J connectivity index is 1.35. The Morgan fingerprint density at radius 2 is 1.83 bits per heavy atom. The van der Waals surface area contributed by atoms with Gasteiger partial charge in [0.05, 0.1) is 35.0 Å². The number of halogens is 2. The molecule has 1 aliphatic heterocycles. The first kappa shape index (κ1) is 24.3. The highest BCUT2D eigenvalue weighted by atomic mass is 35.5. The summed E-state index contributed by atoms with van der Waals surface area (Å²) < 4.78 is 15.4. The van der Waals surface area contributed by atoms with Gasteiger partial charge in [0.1, 0.15) is 11.5 Å². The van der Waals surface area contributed by atoms with Crippen LogP contribution in [0.2, 0.25) is 5.02 Å². The van der Waals surface area contributed by atoms with Crippen LogP contribution >= 0.6 is 11.6 Å². The van der Waals surface area contributed by atoms with Crippen molar-refractivity contribution in [3.8, 4) is 11.3 Å². The van der Waals surface area contributed by atoms with Gasteiger partial charge in [-0.1, -0.05) is 11.6 Å². The molecule has 0 radical (unpaired) electrons. The number of nitrogens with zero attached hydrogens (tertiary/aromatic N) is 3. The molecule has 7 nitrogen and oxygen atoms in total. The van der Waals surface area contributed by atoms with Crippen molar-refractivity contribution in [2.45, 2.75) is 77.5 Å². The molecule has 0 atom stereocenters. The van der Waals surface area contributed by atoms with Gasteiger partial charge in [0.2, 0.25) is 5.91 Å². The first-order valence-electron chi connectivity index (χ1n) is 12.3. The predicted molar refractivity (Wildman–Crippen MR) is 130 cm³/mol. The van der Waals surface area contributed by atoms with Crippen LogP contribution in [0.4, 0.5) is 4.39 Å². The van der Waals surface area contributed by atoms with E-state index >= 15 is 0 Å². The van der Waals surface area contributed by atoms with Crippen molar-refractivity contribution in [1.82, 2.24) is 14.7 Å². The molecule has 188 valence electrons. The fourth-order valence-electron chi connectivity index (χ4n) is 6.51. The molecule has 2 aromatic rings. The summed E-state index contributed by atoms with van der Waals surface area (Å²) in [5.74, 6) is -1.12. The molecule has 0 saturated heterocycles. The maximum atomic E-state index is 13.7. The molecule has 1 aromatic carbocycles. The highest BCUT2D eigenvalue weighted by Gasteiger charge is 2.55. The van der Waals surface area contributed by atoms with E-state index in [2.05, 4.69) is 5.10 Å². The Morgan fingerprint density at radius 1 is 1.17 bits per heavy atom. The van der Waals surface area contributed by atoms with E-state index in [0.717, 1.165) is 38.5 Å². The lowest BCUT2D eigenvalue weighted by Crippen LogP contribution is -2.53. The second-order valence-electron chi connectivity index (χ2n) is 11.2. The maximum absolute atomic E-state index is 13.7. The zero-order valence-electron chi connectivity index (χ0n) is 20.2. The number of aliphatic hydroxyl groups is 1. The Morgan fingerprint density at radius 3 is 2.40 bits per heavy atom. The minimum Gasteiger partial charge on any atom is -0.390 e. The topological polar surface area (TPSA) is 101 Å². The highest BCUT2D eigenvalue weighted by molar-refractivity contribution is 6.31. The van der Waals surface area contributed by atoms with Crippen LogP contribution in [0.15, 0.2) is 18.2 Å². The second kappa shape index (κ2) is 8.30. The van der Waals surface area contributed by atoms with Gasteiger partial charge in [0.15, 0.2) is 0 Å². The Labute approximate surface area is 209 Å². The summed E-state index contributed by atoms with van der Waals surface area (Å²) in [6.45, 7) is 5.03. The molecular formula is C26H32ClFN4O3. The average Bonchev–Trinajstić information content (AvgIpc) is 3.20. The summed E-state index contributed by atoms with van der Waals surface area (Å²) in [6, 6.07) is 4.18. The third-order valence-corrected chi connectivity index (χ3v) is 9.29. The molecule has 2 amide bonds. The van der Waals surface area contributed by atoms with E-state index in [9.17, 15) is 19.1 Å². The van der Waals surface area contributed by atoms with Crippen LogP contribution in [0.5, 0.6) is 0 Å². The summed E-state index contributed by atoms with van der Waals surface area (Å²) in [6.07, 6.45) is 6.20. The van der Waals surface area contributed by atoms with Crippen molar-refractivity contribution in [3.63, 3.8) is 0 Å². The molecule has 0 unspecified atom stereocenters. The van der Waals surface area contributed by atoms with Crippen LogP contribution in [0.1, 0.15) is 74.8 Å². The van der Waals surface area contributed by atoms with Crippen LogP contribution in [-0.2, 0) is 17.9 Å². The Hall–Kier alpha value is -2.45. The number of benzene rings is 1. The maximum Gasteiger partial charge on any atom is 0.252 e. The number of rotatable bonds is 5. The standard InChI is InChI=1S/C26H32ClFN4O3/c1-24(2,35)26-8-5-25(6-9-26,7-10-26)14-20(33)31-11-12-32-19(15-31)21(23(29)34)22(30-32)16-3-4-18(28)17(27)13-16/h3-4,13,35H,5-12,14-15H2,1-2H3,(H2,29,34). The van der Waals surface area contributed by atoms with Gasteiger partial charge in [0, 0.05) is 18.5 Å². The summed E-state index contributed by atoms with van der Waals surface area (Å²) in [5, 5.41) is 15.2. The zero-order valence-corrected chi connectivity index (χ0v) is 21.0. The number of carbonyl (C=O) groups excluding carboxylic acids is 2. The highest BCUT2D eigenvalue weighted by Crippen LogP contribution is 2.62. The van der Waals surface area contributed by atoms with Gasteiger partial charge in [-0.3, -0.25) is 14.3 Å². The second-order valence-corrected chi connectivity index (χ2v) is 11.6. The van der Waals surface area contributed by atoms with E-state index in [4.69, 9.17) is 17.3 Å². The Bertz CT molecular complexity index is 1180. The quantitative estimate of drug-likeness (QED) is 0.637. The molecule has 6 rings (SSSR count). The molecule has 1 aromatic heterocycles. The molecule has 2 heterocycles. The van der Waals surface area contributed by atoms with Crippen molar-refractivity contribution in [3.05, 3.63) is 40.3 Å². The molecule has 3 fully saturated rings. The first-order valence-corrected chi connectivity index (χ1v) is 12.7. The molecule has 35 heavy (non-hydrogen) atoms. The summed E-state index contributed by atoms with van der Waals surface area (Å²) in [4.78, 5) is 27.7. The minimum atomic E-state index is -0.702. The Kier molecular flexibility index (Phi) is 5.75. The van der Waals surface area contributed by atoms with Crippen LogP contribution < -0.4 is 5.73 Å². The molecule has 3 N–H and O–H groups in total. The SMILES string of the molecule is CC(C)(O)C12CCC(CC(=O)N3CCn4nc(-c5ccc(F)c(Cl)c5)c(C(N)=O)c4C3)(CC1)CC2. The van der Waals surface area contributed by atoms with Gasteiger partial charge < -0.3 is 15.7 Å². The lowest BCUT2D eigenvalue weighted by Gasteiger charge is -2.58. The van der Waals surface area contributed by atoms with E-state index < -0.39 is 17.3 Å². The minimum absolute atomic E-state index is 0.00961. The third kappa shape index (κ3) is 4.04. The molecule has 2 bridgehead atoms. The van der Waals surface area contributed by atoms with Crippen LogP contribution in [0.3, 0.4) is 0 Å². The monoisotopic (exact) mass is 502 g/mol. The number of amides is 2. The molecule has 0 spiro atoms. The molecule has 9 heteroatoms. The molecular weight excluding hydrogens is 471 g/mol. The molecule has 4 aliphatic rings. The lowest BCUT2D eigenvalue weighted by molar-refractivity contribution is -0.152. The first-order chi connectivity index (χ1) is 16.4. The number of primary amides is 1. The van der Waals surface area contributed by atoms with E-state index in [0.29, 0.717) is 36.5 Å². The normalized spacial score (nSPS) is 26.0. The van der Waals surface area contributed by atoms with Crippen LogP contribution in [-0.4, -0.2) is 43.7 Å². The van der Waals surface area contributed by atoms with Crippen molar-refractivity contribution >= 4 is 23.4 Å². The summed E-state index contributed by atoms with van der Waals surface area (Å²) in [7, 11) is 0.